The van der Waals surface area contributed by atoms with Crippen molar-refractivity contribution in [2.45, 2.75) is 5.60 Å². The molecule has 0 aliphatic heterocycles. The van der Waals surface area contributed by atoms with E-state index < -0.39 is 11.6 Å². The molecule has 0 amide bonds. The van der Waals surface area contributed by atoms with Crippen LogP contribution in [0.2, 0.25) is 20.1 Å². The molecule has 0 aromatic heterocycles. The third-order valence-corrected chi connectivity index (χ3v) is 4.46. The Bertz CT molecular complexity index is 670. The molecule has 0 spiro atoms. The van der Waals surface area contributed by atoms with E-state index in [2.05, 4.69) is 15.9 Å². The van der Waals surface area contributed by atoms with Gasteiger partial charge in [-0.15, -0.1) is 0 Å². The summed E-state index contributed by atoms with van der Waals surface area (Å²) in [5.41, 5.74) is -2.20. The van der Waals surface area contributed by atoms with Crippen molar-refractivity contribution >= 4 is 68.3 Å². The second-order valence-corrected chi connectivity index (χ2v) is 5.90. The van der Waals surface area contributed by atoms with Crippen molar-refractivity contribution in [1.82, 2.24) is 0 Å². The lowest BCUT2D eigenvalue weighted by Gasteiger charge is -2.25. The average molecular weight is 461 g/mol. The fourth-order valence-corrected chi connectivity index (χ4v) is 2.45. The molecule has 2 aromatic carbocycles. The van der Waals surface area contributed by atoms with Crippen molar-refractivity contribution in [1.29, 1.82) is 0 Å². The van der Waals surface area contributed by atoms with Crippen molar-refractivity contribution in [3.8, 4) is 0 Å². The number of hydrogen-bond acceptors (Lipinski definition) is 2. The van der Waals surface area contributed by atoms with Gasteiger partial charge < -0.3 is 10.2 Å². The van der Waals surface area contributed by atoms with E-state index >= 15 is 0 Å². The molecule has 0 aliphatic carbocycles. The van der Waals surface area contributed by atoms with Gasteiger partial charge in [0.05, 0.1) is 20.1 Å². The molecule has 0 atom stereocenters. The molecule has 2 N–H and O–H groups in total. The van der Waals surface area contributed by atoms with Gasteiger partial charge in [-0.1, -0.05) is 74.5 Å². The largest absolute Gasteiger partial charge is 0.479 e. The Balaban J connectivity index is 0.00000127. The standard InChI is InChI=1S/C14H8Cl4O3.CH3Br/c15-9-3-1-7(5-11(9)17)14(21,13(19)20)8-2-4-10(16)12(18)6-8;1-2/h1-6,21H,(H,19,20);1H3. The van der Waals surface area contributed by atoms with Gasteiger partial charge >= 0.3 is 5.97 Å². The van der Waals surface area contributed by atoms with E-state index in [9.17, 15) is 15.0 Å². The van der Waals surface area contributed by atoms with E-state index in [0.717, 1.165) is 0 Å². The Labute approximate surface area is 161 Å². The van der Waals surface area contributed by atoms with Gasteiger partial charge in [0.2, 0.25) is 5.60 Å². The third-order valence-electron chi connectivity index (χ3n) is 2.98. The first-order valence-corrected chi connectivity index (χ1v) is 9.11. The summed E-state index contributed by atoms with van der Waals surface area (Å²) in [5.74, 6) is 0.340. The van der Waals surface area contributed by atoms with E-state index in [0.29, 0.717) is 0 Å². The molecule has 0 fully saturated rings. The zero-order valence-electron chi connectivity index (χ0n) is 11.7. The molecule has 0 aliphatic rings. The minimum atomic E-state index is -2.32. The Hall–Kier alpha value is -0.490. The number of hydrogen-bond donors (Lipinski definition) is 2. The van der Waals surface area contributed by atoms with Crippen molar-refractivity contribution in [2.24, 2.45) is 0 Å². The highest BCUT2D eigenvalue weighted by Crippen LogP contribution is 2.36. The van der Waals surface area contributed by atoms with Gasteiger partial charge in [0.25, 0.3) is 0 Å². The molecule has 0 heterocycles. The molecule has 124 valence electrons. The summed E-state index contributed by atoms with van der Waals surface area (Å²) in [5, 5.41) is 20.9. The number of halogens is 5. The topological polar surface area (TPSA) is 57.5 Å². The maximum atomic E-state index is 11.6. The number of carbonyl (C=O) groups is 1. The van der Waals surface area contributed by atoms with Crippen LogP contribution in [0.3, 0.4) is 0 Å². The summed E-state index contributed by atoms with van der Waals surface area (Å²) in [7, 11) is 0. The zero-order chi connectivity index (χ0) is 17.8. The normalized spacial score (nSPS) is 10.7. The molecular weight excluding hydrogens is 450 g/mol. The molecule has 0 radical (unpaired) electrons. The van der Waals surface area contributed by atoms with Crippen molar-refractivity contribution < 1.29 is 15.0 Å². The first kappa shape index (κ1) is 20.6. The molecule has 8 heteroatoms. The zero-order valence-corrected chi connectivity index (χ0v) is 16.3. The highest BCUT2D eigenvalue weighted by atomic mass is 79.9. The highest BCUT2D eigenvalue weighted by molar-refractivity contribution is 9.08. The van der Waals surface area contributed by atoms with Crippen LogP contribution in [0.1, 0.15) is 11.1 Å². The maximum absolute atomic E-state index is 11.6. The summed E-state index contributed by atoms with van der Waals surface area (Å²) in [6, 6.07) is 8.16. The first-order valence-electron chi connectivity index (χ1n) is 6.01. The van der Waals surface area contributed by atoms with Gasteiger partial charge in [-0.2, -0.15) is 0 Å². The second-order valence-electron chi connectivity index (χ2n) is 4.27. The lowest BCUT2D eigenvalue weighted by atomic mass is 9.86. The van der Waals surface area contributed by atoms with Crippen LogP contribution in [0, 0.1) is 0 Å². The lowest BCUT2D eigenvalue weighted by Crippen LogP contribution is -2.36. The third kappa shape index (κ3) is 4.32. The minimum absolute atomic E-state index is 0.0581. The second kappa shape index (κ2) is 8.56. The number of carboxylic acid groups (broad SMARTS) is 1. The van der Waals surface area contributed by atoms with Crippen LogP contribution in [0.4, 0.5) is 0 Å². The predicted octanol–water partition coefficient (Wildman–Crippen LogP) is 5.63. The van der Waals surface area contributed by atoms with Gasteiger partial charge in [0, 0.05) is 11.1 Å². The summed E-state index contributed by atoms with van der Waals surface area (Å²) in [4.78, 5) is 11.6. The Kier molecular flexibility index (Phi) is 7.65. The minimum Gasteiger partial charge on any atom is -0.479 e. The Morgan fingerprint density at radius 3 is 1.48 bits per heavy atom. The molecule has 0 saturated heterocycles. The number of aliphatic carboxylic acids is 1. The smallest absolute Gasteiger partial charge is 0.345 e. The van der Waals surface area contributed by atoms with Gasteiger partial charge in [-0.05, 0) is 30.1 Å². The average Bonchev–Trinajstić information content (AvgIpc) is 2.53. The monoisotopic (exact) mass is 458 g/mol. The van der Waals surface area contributed by atoms with Crippen LogP contribution in [-0.4, -0.2) is 22.0 Å². The molecule has 0 saturated carbocycles. The summed E-state index contributed by atoms with van der Waals surface area (Å²) in [6.07, 6.45) is 0. The number of alkyl halides is 1. The van der Waals surface area contributed by atoms with Crippen molar-refractivity contribution in [3.63, 3.8) is 0 Å². The number of aliphatic hydroxyl groups is 1. The van der Waals surface area contributed by atoms with Crippen LogP contribution in [0.5, 0.6) is 0 Å². The number of carboxylic acids is 1. The van der Waals surface area contributed by atoms with E-state index in [1.807, 2.05) is 5.83 Å². The molecule has 3 nitrogen and oxygen atoms in total. The van der Waals surface area contributed by atoms with Crippen LogP contribution in [0.25, 0.3) is 0 Å². The van der Waals surface area contributed by atoms with Gasteiger partial charge in [0.15, 0.2) is 0 Å². The maximum Gasteiger partial charge on any atom is 0.345 e. The summed E-state index contributed by atoms with van der Waals surface area (Å²) in [6.45, 7) is 0. The Morgan fingerprint density at radius 1 is 0.870 bits per heavy atom. The van der Waals surface area contributed by atoms with Crippen molar-refractivity contribution in [2.75, 3.05) is 5.83 Å². The Morgan fingerprint density at radius 2 is 1.22 bits per heavy atom. The first-order chi connectivity index (χ1) is 10.8. The molecule has 2 rings (SSSR count). The van der Waals surface area contributed by atoms with Crippen molar-refractivity contribution in [3.05, 3.63) is 67.6 Å². The molecule has 2 aromatic rings. The molecule has 23 heavy (non-hydrogen) atoms. The SMILES string of the molecule is CBr.O=C(O)C(O)(c1ccc(Cl)c(Cl)c1)c1ccc(Cl)c(Cl)c1. The lowest BCUT2D eigenvalue weighted by molar-refractivity contribution is -0.155. The van der Waals surface area contributed by atoms with Crippen LogP contribution < -0.4 is 0 Å². The van der Waals surface area contributed by atoms with Crippen LogP contribution in [-0.2, 0) is 10.4 Å². The fourth-order valence-electron chi connectivity index (χ4n) is 1.86. The van der Waals surface area contributed by atoms with E-state index in [-0.39, 0.29) is 31.2 Å². The van der Waals surface area contributed by atoms with Gasteiger partial charge in [0.1, 0.15) is 0 Å². The van der Waals surface area contributed by atoms with E-state index in [1.165, 1.54) is 36.4 Å². The molecular formula is C15H11BrCl4O3. The molecule has 0 unspecified atom stereocenters. The number of rotatable bonds is 3. The molecule has 0 bridgehead atoms. The van der Waals surface area contributed by atoms with Gasteiger partial charge in [-0.3, -0.25) is 0 Å². The number of benzene rings is 2. The fraction of sp³-hybridized carbons (Fsp3) is 0.133. The summed E-state index contributed by atoms with van der Waals surface area (Å²) >= 11 is 26.3. The van der Waals surface area contributed by atoms with E-state index in [1.54, 1.807) is 0 Å². The van der Waals surface area contributed by atoms with Crippen LogP contribution >= 0.6 is 62.3 Å². The van der Waals surface area contributed by atoms with E-state index in [4.69, 9.17) is 46.4 Å². The summed E-state index contributed by atoms with van der Waals surface area (Å²) < 4.78 is 0. The predicted molar refractivity (Wildman–Crippen MR) is 98.4 cm³/mol. The highest BCUT2D eigenvalue weighted by Gasteiger charge is 2.40. The van der Waals surface area contributed by atoms with Crippen LogP contribution in [0.15, 0.2) is 36.4 Å². The van der Waals surface area contributed by atoms with Gasteiger partial charge in [-0.25, -0.2) is 4.79 Å². The quantitative estimate of drug-likeness (QED) is 0.583.